The standard InChI is InChI=1S/C16H22N4O/c1-5-13-14(6-2)19-20-16(18-13)17-9-12-7-10(3)15(21)11(4)8-12/h7-8,21H,5-6,9H2,1-4H3,(H,17,18,20). The molecule has 112 valence electrons. The summed E-state index contributed by atoms with van der Waals surface area (Å²) in [5.41, 5.74) is 4.79. The zero-order valence-electron chi connectivity index (χ0n) is 13.1. The minimum Gasteiger partial charge on any atom is -0.507 e. The molecule has 1 heterocycles. The summed E-state index contributed by atoms with van der Waals surface area (Å²) in [5.74, 6) is 0.907. The van der Waals surface area contributed by atoms with Gasteiger partial charge in [-0.2, -0.15) is 5.10 Å². The van der Waals surface area contributed by atoms with Crippen molar-refractivity contribution in [1.29, 1.82) is 0 Å². The second-order valence-corrected chi connectivity index (χ2v) is 5.17. The molecule has 5 nitrogen and oxygen atoms in total. The highest BCUT2D eigenvalue weighted by Gasteiger charge is 2.07. The van der Waals surface area contributed by atoms with Crippen molar-refractivity contribution >= 4 is 5.95 Å². The lowest BCUT2D eigenvalue weighted by atomic mass is 10.1. The second-order valence-electron chi connectivity index (χ2n) is 5.17. The zero-order valence-corrected chi connectivity index (χ0v) is 13.1. The Morgan fingerprint density at radius 2 is 1.62 bits per heavy atom. The van der Waals surface area contributed by atoms with E-state index in [0.29, 0.717) is 18.2 Å². The van der Waals surface area contributed by atoms with Gasteiger partial charge in [-0.25, -0.2) is 4.98 Å². The maximum Gasteiger partial charge on any atom is 0.243 e. The minimum atomic E-state index is 0.359. The Morgan fingerprint density at radius 3 is 2.19 bits per heavy atom. The number of nitrogens with zero attached hydrogens (tertiary/aromatic N) is 3. The van der Waals surface area contributed by atoms with E-state index in [-0.39, 0.29) is 0 Å². The molecule has 0 saturated carbocycles. The summed E-state index contributed by atoms with van der Waals surface area (Å²) in [4.78, 5) is 4.51. The molecule has 0 aliphatic carbocycles. The van der Waals surface area contributed by atoms with Crippen LogP contribution in [0, 0.1) is 13.8 Å². The van der Waals surface area contributed by atoms with Crippen LogP contribution in [0.4, 0.5) is 5.95 Å². The first kappa shape index (κ1) is 15.2. The van der Waals surface area contributed by atoms with Crippen LogP contribution in [0.15, 0.2) is 12.1 Å². The van der Waals surface area contributed by atoms with E-state index in [2.05, 4.69) is 34.3 Å². The molecular weight excluding hydrogens is 264 g/mol. The Kier molecular flexibility index (Phi) is 4.73. The molecule has 0 spiro atoms. The number of benzene rings is 1. The summed E-state index contributed by atoms with van der Waals surface area (Å²) in [6.07, 6.45) is 1.70. The van der Waals surface area contributed by atoms with Crippen LogP contribution in [0.5, 0.6) is 5.75 Å². The van der Waals surface area contributed by atoms with Crippen LogP contribution in [0.2, 0.25) is 0 Å². The van der Waals surface area contributed by atoms with E-state index in [4.69, 9.17) is 0 Å². The molecule has 2 rings (SSSR count). The number of rotatable bonds is 5. The van der Waals surface area contributed by atoms with Gasteiger partial charge in [0.2, 0.25) is 5.95 Å². The van der Waals surface area contributed by atoms with E-state index in [1.165, 1.54) is 0 Å². The van der Waals surface area contributed by atoms with Crippen molar-refractivity contribution in [3.8, 4) is 5.75 Å². The number of nitrogens with one attached hydrogen (secondary N) is 1. The molecule has 0 aliphatic rings. The van der Waals surface area contributed by atoms with Gasteiger partial charge in [-0.3, -0.25) is 0 Å². The second kappa shape index (κ2) is 6.52. The Labute approximate surface area is 125 Å². The van der Waals surface area contributed by atoms with E-state index in [1.54, 1.807) is 0 Å². The predicted molar refractivity (Wildman–Crippen MR) is 83.5 cm³/mol. The molecule has 0 unspecified atom stereocenters. The van der Waals surface area contributed by atoms with E-state index in [9.17, 15) is 5.11 Å². The molecule has 0 radical (unpaired) electrons. The maximum absolute atomic E-state index is 9.79. The molecule has 0 amide bonds. The smallest absolute Gasteiger partial charge is 0.243 e. The molecule has 0 atom stereocenters. The third-order valence-corrected chi connectivity index (χ3v) is 3.51. The first-order valence-electron chi connectivity index (χ1n) is 7.30. The quantitative estimate of drug-likeness (QED) is 0.884. The number of aromatic nitrogens is 3. The van der Waals surface area contributed by atoms with Gasteiger partial charge < -0.3 is 10.4 Å². The maximum atomic E-state index is 9.79. The van der Waals surface area contributed by atoms with Gasteiger partial charge in [0.1, 0.15) is 5.75 Å². The largest absolute Gasteiger partial charge is 0.507 e. The number of phenols is 1. The molecule has 0 saturated heterocycles. The van der Waals surface area contributed by atoms with Crippen LogP contribution >= 0.6 is 0 Å². The number of phenolic OH excluding ortho intramolecular Hbond substituents is 1. The van der Waals surface area contributed by atoms with Crippen molar-refractivity contribution in [2.45, 2.75) is 47.1 Å². The molecule has 0 fully saturated rings. The van der Waals surface area contributed by atoms with Crippen molar-refractivity contribution in [1.82, 2.24) is 15.2 Å². The lowest BCUT2D eigenvalue weighted by molar-refractivity contribution is 0.466. The van der Waals surface area contributed by atoms with Gasteiger partial charge in [0, 0.05) is 6.54 Å². The molecule has 5 heteroatoms. The van der Waals surface area contributed by atoms with Crippen LogP contribution in [-0.2, 0) is 19.4 Å². The van der Waals surface area contributed by atoms with Gasteiger partial charge in [-0.05, 0) is 43.4 Å². The molecule has 0 bridgehead atoms. The van der Waals surface area contributed by atoms with Gasteiger partial charge in [0.25, 0.3) is 0 Å². The predicted octanol–water partition coefficient (Wildman–Crippen LogP) is 2.93. The van der Waals surface area contributed by atoms with Crippen molar-refractivity contribution in [2.24, 2.45) is 0 Å². The molecule has 2 N–H and O–H groups in total. The van der Waals surface area contributed by atoms with Gasteiger partial charge in [0.15, 0.2) is 0 Å². The average Bonchev–Trinajstić information content (AvgIpc) is 2.50. The fourth-order valence-corrected chi connectivity index (χ4v) is 2.34. The van der Waals surface area contributed by atoms with Crippen LogP contribution in [0.25, 0.3) is 0 Å². The van der Waals surface area contributed by atoms with Gasteiger partial charge in [-0.1, -0.05) is 26.0 Å². The van der Waals surface area contributed by atoms with E-state index < -0.39 is 0 Å². The third kappa shape index (κ3) is 3.48. The van der Waals surface area contributed by atoms with E-state index in [0.717, 1.165) is 40.9 Å². The number of hydrogen-bond acceptors (Lipinski definition) is 5. The fourth-order valence-electron chi connectivity index (χ4n) is 2.34. The van der Waals surface area contributed by atoms with Crippen LogP contribution in [0.1, 0.15) is 41.9 Å². The van der Waals surface area contributed by atoms with Gasteiger partial charge in [0.05, 0.1) is 11.4 Å². The summed E-state index contributed by atoms with van der Waals surface area (Å²) < 4.78 is 0. The first-order valence-corrected chi connectivity index (χ1v) is 7.30. The normalized spacial score (nSPS) is 10.7. The first-order chi connectivity index (χ1) is 10.0. The fraction of sp³-hybridized carbons (Fsp3) is 0.438. The number of aromatic hydroxyl groups is 1. The SMILES string of the molecule is CCc1nnc(NCc2cc(C)c(O)c(C)c2)nc1CC. The molecule has 2 aromatic rings. The van der Waals surface area contributed by atoms with Crippen LogP contribution in [-0.4, -0.2) is 20.3 Å². The van der Waals surface area contributed by atoms with E-state index >= 15 is 0 Å². The van der Waals surface area contributed by atoms with Crippen molar-refractivity contribution < 1.29 is 5.11 Å². The monoisotopic (exact) mass is 286 g/mol. The van der Waals surface area contributed by atoms with Crippen molar-refractivity contribution in [3.05, 3.63) is 40.2 Å². The topological polar surface area (TPSA) is 70.9 Å². The lowest BCUT2D eigenvalue weighted by Gasteiger charge is -2.10. The molecule has 1 aromatic heterocycles. The number of anilines is 1. The van der Waals surface area contributed by atoms with Crippen LogP contribution in [0.3, 0.4) is 0 Å². The van der Waals surface area contributed by atoms with Gasteiger partial charge in [-0.15, -0.1) is 5.10 Å². The van der Waals surface area contributed by atoms with Crippen molar-refractivity contribution in [2.75, 3.05) is 5.32 Å². The molecular formula is C16H22N4O. The highest BCUT2D eigenvalue weighted by Crippen LogP contribution is 2.23. The average molecular weight is 286 g/mol. The van der Waals surface area contributed by atoms with E-state index in [1.807, 2.05) is 26.0 Å². The Morgan fingerprint density at radius 1 is 1.00 bits per heavy atom. The third-order valence-electron chi connectivity index (χ3n) is 3.51. The Balaban J connectivity index is 2.13. The highest BCUT2D eigenvalue weighted by atomic mass is 16.3. The Bertz CT molecular complexity index is 617. The highest BCUT2D eigenvalue weighted by molar-refractivity contribution is 5.43. The van der Waals surface area contributed by atoms with Gasteiger partial charge >= 0.3 is 0 Å². The number of hydrogen-bond donors (Lipinski definition) is 2. The number of aryl methyl sites for hydroxylation is 4. The zero-order chi connectivity index (χ0) is 15.4. The molecule has 0 aliphatic heterocycles. The summed E-state index contributed by atoms with van der Waals surface area (Å²) in [7, 11) is 0. The molecule has 21 heavy (non-hydrogen) atoms. The summed E-state index contributed by atoms with van der Waals surface area (Å²) in [5, 5.41) is 21.3. The molecule has 1 aromatic carbocycles. The lowest BCUT2D eigenvalue weighted by Crippen LogP contribution is -2.09. The van der Waals surface area contributed by atoms with Crippen LogP contribution < -0.4 is 5.32 Å². The van der Waals surface area contributed by atoms with Crippen molar-refractivity contribution in [3.63, 3.8) is 0 Å². The summed E-state index contributed by atoms with van der Waals surface area (Å²) in [6, 6.07) is 3.92. The summed E-state index contributed by atoms with van der Waals surface area (Å²) >= 11 is 0. The summed E-state index contributed by atoms with van der Waals surface area (Å²) in [6.45, 7) is 8.53. The minimum absolute atomic E-state index is 0.359. The Hall–Kier alpha value is -2.17.